The van der Waals surface area contributed by atoms with Crippen LogP contribution in [0.5, 0.6) is 0 Å². The molecule has 3 amide bonds. The lowest BCUT2D eigenvalue weighted by molar-refractivity contribution is -0.114. The molecule has 1 aromatic heterocycles. The summed E-state index contributed by atoms with van der Waals surface area (Å²) in [7, 11) is 0. The Morgan fingerprint density at radius 2 is 1.62 bits per heavy atom. The highest BCUT2D eigenvalue weighted by Gasteiger charge is 2.12. The van der Waals surface area contributed by atoms with E-state index in [2.05, 4.69) is 25.9 Å². The number of para-hydroxylation sites is 1. The Morgan fingerprint density at radius 1 is 0.875 bits per heavy atom. The van der Waals surface area contributed by atoms with Gasteiger partial charge in [-0.15, -0.1) is 0 Å². The van der Waals surface area contributed by atoms with E-state index in [4.69, 9.17) is 11.6 Å². The number of nitrogens with zero attached hydrogens (tertiary/aromatic N) is 2. The third-order valence-electron chi connectivity index (χ3n) is 4.83. The second-order valence-corrected chi connectivity index (χ2v) is 7.63. The lowest BCUT2D eigenvalue weighted by Gasteiger charge is -2.13. The van der Waals surface area contributed by atoms with Crippen LogP contribution < -0.4 is 16.0 Å². The van der Waals surface area contributed by atoms with Gasteiger partial charge in [0.15, 0.2) is 0 Å². The first-order valence-electron chi connectivity index (χ1n) is 9.86. The number of rotatable bonds is 4. The van der Waals surface area contributed by atoms with Gasteiger partial charge in [-0.2, -0.15) is 0 Å². The number of carbonyl (C=O) groups excluding carboxylic acids is 2. The van der Waals surface area contributed by atoms with Crippen LogP contribution in [0.25, 0.3) is 22.2 Å². The van der Waals surface area contributed by atoms with Gasteiger partial charge in [0.1, 0.15) is 6.33 Å². The second-order valence-electron chi connectivity index (χ2n) is 7.22. The van der Waals surface area contributed by atoms with Gasteiger partial charge in [-0.1, -0.05) is 35.9 Å². The van der Waals surface area contributed by atoms with Crippen LogP contribution >= 0.6 is 11.6 Å². The number of fused-ring (bicyclic) bond motifs is 1. The molecule has 32 heavy (non-hydrogen) atoms. The summed E-state index contributed by atoms with van der Waals surface area (Å²) in [5.74, 6) is -0.203. The Bertz CT molecular complexity index is 1330. The quantitative estimate of drug-likeness (QED) is 0.366. The third-order valence-corrected chi connectivity index (χ3v) is 5.14. The van der Waals surface area contributed by atoms with Crippen molar-refractivity contribution in [2.24, 2.45) is 0 Å². The summed E-state index contributed by atoms with van der Waals surface area (Å²) in [4.78, 5) is 32.5. The molecular weight excluding hydrogens is 426 g/mol. The number of hydrogen-bond donors (Lipinski definition) is 3. The summed E-state index contributed by atoms with van der Waals surface area (Å²) < 4.78 is 0. The predicted molar refractivity (Wildman–Crippen MR) is 128 cm³/mol. The molecule has 0 spiro atoms. The SMILES string of the molecule is CC(=O)Nc1ccc(NC(=O)Nc2ccc(C)c(-c3ncnc4ccccc34)c2)c(Cl)c1. The molecule has 0 aliphatic heterocycles. The van der Waals surface area contributed by atoms with E-state index in [1.807, 2.05) is 49.4 Å². The number of nitrogens with one attached hydrogen (secondary N) is 3. The standard InChI is InChI=1S/C24H20ClN5O2/c1-14-7-8-16(11-19(14)23-18-5-3-4-6-21(18)26-13-27-23)29-24(32)30-22-10-9-17(12-20(22)25)28-15(2)31/h3-13H,1-2H3,(H,28,31)(H2,29,30,32). The van der Waals surface area contributed by atoms with Gasteiger partial charge in [0.05, 0.1) is 21.9 Å². The van der Waals surface area contributed by atoms with E-state index in [1.54, 1.807) is 18.2 Å². The molecule has 0 aliphatic carbocycles. The number of halogens is 1. The maximum absolute atomic E-state index is 12.6. The van der Waals surface area contributed by atoms with E-state index in [0.29, 0.717) is 22.1 Å². The van der Waals surface area contributed by atoms with Crippen molar-refractivity contribution in [2.45, 2.75) is 13.8 Å². The fraction of sp³-hybridized carbons (Fsp3) is 0.0833. The summed E-state index contributed by atoms with van der Waals surface area (Å²) in [6.07, 6.45) is 1.54. The number of hydrogen-bond acceptors (Lipinski definition) is 4. The molecule has 0 fully saturated rings. The van der Waals surface area contributed by atoms with E-state index in [9.17, 15) is 9.59 Å². The normalized spacial score (nSPS) is 10.6. The lowest BCUT2D eigenvalue weighted by Crippen LogP contribution is -2.19. The van der Waals surface area contributed by atoms with Crippen LogP contribution in [-0.2, 0) is 4.79 Å². The van der Waals surface area contributed by atoms with E-state index < -0.39 is 6.03 Å². The van der Waals surface area contributed by atoms with Gasteiger partial charge in [-0.25, -0.2) is 14.8 Å². The molecule has 0 aliphatic rings. The Balaban J connectivity index is 1.56. The molecule has 0 radical (unpaired) electrons. The average molecular weight is 446 g/mol. The number of aryl methyl sites for hydroxylation is 1. The van der Waals surface area contributed by atoms with Crippen LogP contribution in [0.15, 0.2) is 67.0 Å². The highest BCUT2D eigenvalue weighted by Crippen LogP contribution is 2.30. The molecular formula is C24H20ClN5O2. The van der Waals surface area contributed by atoms with Gasteiger partial charge in [-0.3, -0.25) is 4.79 Å². The zero-order valence-electron chi connectivity index (χ0n) is 17.4. The average Bonchev–Trinajstić information content (AvgIpc) is 2.76. The maximum atomic E-state index is 12.6. The summed E-state index contributed by atoms with van der Waals surface area (Å²) in [6.45, 7) is 3.40. The number of amides is 3. The van der Waals surface area contributed by atoms with E-state index in [-0.39, 0.29) is 5.91 Å². The van der Waals surface area contributed by atoms with Gasteiger partial charge >= 0.3 is 6.03 Å². The Morgan fingerprint density at radius 3 is 2.41 bits per heavy atom. The molecule has 0 bridgehead atoms. The summed E-state index contributed by atoms with van der Waals surface area (Å²) >= 11 is 6.23. The van der Waals surface area contributed by atoms with Crippen LogP contribution in [-0.4, -0.2) is 21.9 Å². The molecule has 4 rings (SSSR count). The smallest absolute Gasteiger partial charge is 0.323 e. The third kappa shape index (κ3) is 4.68. The first-order valence-corrected chi connectivity index (χ1v) is 10.2. The van der Waals surface area contributed by atoms with Crippen molar-refractivity contribution in [2.75, 3.05) is 16.0 Å². The number of carbonyl (C=O) groups is 2. The Labute approximate surface area is 189 Å². The lowest BCUT2D eigenvalue weighted by atomic mass is 10.0. The first kappa shape index (κ1) is 21.3. The highest BCUT2D eigenvalue weighted by atomic mass is 35.5. The van der Waals surface area contributed by atoms with Crippen molar-refractivity contribution in [3.63, 3.8) is 0 Å². The van der Waals surface area contributed by atoms with Crippen LogP contribution in [0.4, 0.5) is 21.9 Å². The molecule has 1 heterocycles. The largest absolute Gasteiger partial charge is 0.326 e. The molecule has 3 aromatic carbocycles. The minimum absolute atomic E-state index is 0.203. The molecule has 7 nitrogen and oxygen atoms in total. The van der Waals surface area contributed by atoms with Crippen molar-refractivity contribution in [1.82, 2.24) is 9.97 Å². The van der Waals surface area contributed by atoms with Crippen molar-refractivity contribution in [3.8, 4) is 11.3 Å². The van der Waals surface area contributed by atoms with Crippen LogP contribution in [0, 0.1) is 6.92 Å². The molecule has 3 N–H and O–H groups in total. The second kappa shape index (κ2) is 9.03. The van der Waals surface area contributed by atoms with Gasteiger partial charge in [0.25, 0.3) is 0 Å². The van der Waals surface area contributed by atoms with Crippen LogP contribution in [0.3, 0.4) is 0 Å². The summed E-state index contributed by atoms with van der Waals surface area (Å²) in [5.41, 5.74) is 5.16. The first-order chi connectivity index (χ1) is 15.4. The molecule has 0 atom stereocenters. The maximum Gasteiger partial charge on any atom is 0.323 e. The molecule has 4 aromatic rings. The zero-order valence-corrected chi connectivity index (χ0v) is 18.2. The van der Waals surface area contributed by atoms with Gasteiger partial charge in [-0.05, 0) is 48.9 Å². The van der Waals surface area contributed by atoms with E-state index in [1.165, 1.54) is 13.3 Å². The number of urea groups is 1. The fourth-order valence-corrected chi connectivity index (χ4v) is 3.58. The topological polar surface area (TPSA) is 96.0 Å². The fourth-order valence-electron chi connectivity index (χ4n) is 3.36. The molecule has 8 heteroatoms. The Hall–Kier alpha value is -3.97. The van der Waals surface area contributed by atoms with Gasteiger partial charge in [0, 0.05) is 29.2 Å². The molecule has 0 saturated carbocycles. The zero-order chi connectivity index (χ0) is 22.7. The monoisotopic (exact) mass is 445 g/mol. The van der Waals surface area contributed by atoms with E-state index in [0.717, 1.165) is 27.7 Å². The molecule has 0 unspecified atom stereocenters. The Kier molecular flexibility index (Phi) is 6.00. The number of aromatic nitrogens is 2. The minimum Gasteiger partial charge on any atom is -0.326 e. The van der Waals surface area contributed by atoms with Gasteiger partial charge in [0.2, 0.25) is 5.91 Å². The van der Waals surface area contributed by atoms with Crippen LogP contribution in [0.2, 0.25) is 5.02 Å². The number of anilines is 3. The van der Waals surface area contributed by atoms with Crippen molar-refractivity contribution in [3.05, 3.63) is 77.6 Å². The predicted octanol–water partition coefficient (Wildman–Crippen LogP) is 5.86. The summed E-state index contributed by atoms with van der Waals surface area (Å²) in [6, 6.07) is 17.8. The van der Waals surface area contributed by atoms with Crippen LogP contribution in [0.1, 0.15) is 12.5 Å². The van der Waals surface area contributed by atoms with Gasteiger partial charge < -0.3 is 16.0 Å². The molecule has 160 valence electrons. The highest BCUT2D eigenvalue weighted by molar-refractivity contribution is 6.34. The van der Waals surface area contributed by atoms with E-state index >= 15 is 0 Å². The number of benzene rings is 3. The van der Waals surface area contributed by atoms with Crippen molar-refractivity contribution < 1.29 is 9.59 Å². The van der Waals surface area contributed by atoms with Crippen molar-refractivity contribution in [1.29, 1.82) is 0 Å². The minimum atomic E-state index is -0.443. The van der Waals surface area contributed by atoms with Crippen molar-refractivity contribution >= 4 is 51.5 Å². The summed E-state index contributed by atoms with van der Waals surface area (Å²) in [5, 5.41) is 9.44. The molecule has 0 saturated heterocycles.